The second-order valence-corrected chi connectivity index (χ2v) is 3.81. The van der Waals surface area contributed by atoms with Crippen LogP contribution in [0.3, 0.4) is 0 Å². The number of nitrogens with zero attached hydrogens (tertiary/aromatic N) is 2. The third-order valence-corrected chi connectivity index (χ3v) is 2.56. The van der Waals surface area contributed by atoms with Crippen molar-refractivity contribution in [2.45, 2.75) is 13.0 Å². The zero-order valence-electron chi connectivity index (χ0n) is 10.2. The van der Waals surface area contributed by atoms with E-state index in [0.29, 0.717) is 0 Å². The highest BCUT2D eigenvalue weighted by atomic mass is 19.1. The lowest BCUT2D eigenvalue weighted by atomic mass is 10.1. The molecule has 0 bridgehead atoms. The standard InChI is InChI=1S/C13H12F2N2O2/c1-2-19-13(18)12(17-7-3-6-16-17)10-5-4-9(14)8-11(10)15/h3-8,12H,2H2,1H3. The molecule has 1 heterocycles. The van der Waals surface area contributed by atoms with Crippen molar-refractivity contribution in [1.29, 1.82) is 0 Å². The molecule has 0 radical (unpaired) electrons. The van der Waals surface area contributed by atoms with Crippen LogP contribution >= 0.6 is 0 Å². The summed E-state index contributed by atoms with van der Waals surface area (Å²) < 4.78 is 32.9. The predicted molar refractivity (Wildman–Crippen MR) is 63.4 cm³/mol. The summed E-state index contributed by atoms with van der Waals surface area (Å²) in [5, 5.41) is 3.92. The molecule has 2 rings (SSSR count). The monoisotopic (exact) mass is 266 g/mol. The van der Waals surface area contributed by atoms with Crippen LogP contribution in [0.4, 0.5) is 8.78 Å². The van der Waals surface area contributed by atoms with Gasteiger partial charge in [0.05, 0.1) is 6.61 Å². The average Bonchev–Trinajstić information content (AvgIpc) is 2.86. The summed E-state index contributed by atoms with van der Waals surface area (Å²) in [6, 6.07) is 3.58. The van der Waals surface area contributed by atoms with Gasteiger partial charge in [0.1, 0.15) is 11.6 Å². The summed E-state index contributed by atoms with van der Waals surface area (Å²) in [6.45, 7) is 1.82. The van der Waals surface area contributed by atoms with E-state index in [1.54, 1.807) is 13.0 Å². The number of ether oxygens (including phenoxy) is 1. The van der Waals surface area contributed by atoms with Crippen LogP contribution < -0.4 is 0 Å². The Morgan fingerprint density at radius 3 is 2.84 bits per heavy atom. The van der Waals surface area contributed by atoms with Crippen LogP contribution in [-0.4, -0.2) is 22.4 Å². The molecule has 6 heteroatoms. The molecular formula is C13H12F2N2O2. The van der Waals surface area contributed by atoms with E-state index in [4.69, 9.17) is 4.74 Å². The summed E-state index contributed by atoms with van der Waals surface area (Å²) in [5.41, 5.74) is 0.0172. The fourth-order valence-corrected chi connectivity index (χ4v) is 1.76. The first kappa shape index (κ1) is 13.2. The Kier molecular flexibility index (Phi) is 3.89. The first-order valence-electron chi connectivity index (χ1n) is 5.74. The molecule has 0 fully saturated rings. The SMILES string of the molecule is CCOC(=O)C(c1ccc(F)cc1F)n1cccn1. The minimum Gasteiger partial charge on any atom is -0.464 e. The molecule has 0 saturated heterocycles. The molecule has 19 heavy (non-hydrogen) atoms. The number of rotatable bonds is 4. The van der Waals surface area contributed by atoms with Crippen LogP contribution in [0.1, 0.15) is 18.5 Å². The lowest BCUT2D eigenvalue weighted by Gasteiger charge is -2.17. The molecule has 0 aliphatic carbocycles. The summed E-state index contributed by atoms with van der Waals surface area (Å²) in [4.78, 5) is 11.9. The lowest BCUT2D eigenvalue weighted by molar-refractivity contribution is -0.146. The van der Waals surface area contributed by atoms with Crippen LogP contribution in [0.5, 0.6) is 0 Å². The van der Waals surface area contributed by atoms with Gasteiger partial charge in [0.25, 0.3) is 0 Å². The molecule has 0 aliphatic heterocycles. The minimum absolute atomic E-state index is 0.0172. The van der Waals surface area contributed by atoms with Gasteiger partial charge in [0.2, 0.25) is 0 Å². The largest absolute Gasteiger partial charge is 0.464 e. The molecule has 1 atom stereocenters. The molecule has 1 aromatic carbocycles. The quantitative estimate of drug-likeness (QED) is 0.798. The van der Waals surface area contributed by atoms with Crippen molar-refractivity contribution in [2.75, 3.05) is 6.61 Å². The Morgan fingerprint density at radius 2 is 2.26 bits per heavy atom. The van der Waals surface area contributed by atoms with Crippen LogP contribution in [0.25, 0.3) is 0 Å². The number of hydrogen-bond donors (Lipinski definition) is 0. The summed E-state index contributed by atoms with van der Waals surface area (Å²) in [5.74, 6) is -2.16. The minimum atomic E-state index is -1.06. The number of carbonyl (C=O) groups is 1. The lowest BCUT2D eigenvalue weighted by Crippen LogP contribution is -2.24. The fraction of sp³-hybridized carbons (Fsp3) is 0.231. The van der Waals surface area contributed by atoms with Gasteiger partial charge in [-0.25, -0.2) is 13.6 Å². The van der Waals surface area contributed by atoms with Crippen LogP contribution in [-0.2, 0) is 9.53 Å². The molecule has 0 saturated carbocycles. The van der Waals surface area contributed by atoms with Crippen molar-refractivity contribution >= 4 is 5.97 Å². The zero-order chi connectivity index (χ0) is 13.8. The molecule has 0 aliphatic rings. The second-order valence-electron chi connectivity index (χ2n) is 3.81. The van der Waals surface area contributed by atoms with E-state index < -0.39 is 23.6 Å². The van der Waals surface area contributed by atoms with E-state index in [-0.39, 0.29) is 12.2 Å². The van der Waals surface area contributed by atoms with Crippen molar-refractivity contribution < 1.29 is 18.3 Å². The summed E-state index contributed by atoms with van der Waals surface area (Å²) >= 11 is 0. The molecule has 2 aromatic rings. The number of esters is 1. The number of benzene rings is 1. The number of aromatic nitrogens is 2. The van der Waals surface area contributed by atoms with Crippen molar-refractivity contribution in [3.8, 4) is 0 Å². The van der Waals surface area contributed by atoms with Gasteiger partial charge in [-0.1, -0.05) is 6.07 Å². The molecule has 0 amide bonds. The maximum atomic E-state index is 13.8. The molecule has 1 aromatic heterocycles. The number of hydrogen-bond acceptors (Lipinski definition) is 3. The summed E-state index contributed by atoms with van der Waals surface area (Å²) in [7, 11) is 0. The highest BCUT2D eigenvalue weighted by Gasteiger charge is 2.27. The Hall–Kier alpha value is -2.24. The average molecular weight is 266 g/mol. The van der Waals surface area contributed by atoms with Crippen LogP contribution in [0.15, 0.2) is 36.7 Å². The van der Waals surface area contributed by atoms with E-state index in [9.17, 15) is 13.6 Å². The Labute approximate surface area is 108 Å². The van der Waals surface area contributed by atoms with Crippen molar-refractivity contribution in [3.05, 3.63) is 53.9 Å². The van der Waals surface area contributed by atoms with Crippen molar-refractivity contribution in [3.63, 3.8) is 0 Å². The first-order valence-corrected chi connectivity index (χ1v) is 5.74. The summed E-state index contributed by atoms with van der Waals surface area (Å²) in [6.07, 6.45) is 2.98. The smallest absolute Gasteiger partial charge is 0.335 e. The van der Waals surface area contributed by atoms with E-state index in [1.165, 1.54) is 23.1 Å². The third-order valence-electron chi connectivity index (χ3n) is 2.56. The van der Waals surface area contributed by atoms with Gasteiger partial charge in [0, 0.05) is 24.0 Å². The van der Waals surface area contributed by atoms with Gasteiger partial charge in [-0.2, -0.15) is 5.10 Å². The van der Waals surface area contributed by atoms with Gasteiger partial charge in [-0.05, 0) is 19.1 Å². The highest BCUT2D eigenvalue weighted by molar-refractivity contribution is 5.78. The number of halogens is 2. The highest BCUT2D eigenvalue weighted by Crippen LogP contribution is 2.23. The predicted octanol–water partition coefficient (Wildman–Crippen LogP) is 2.31. The topological polar surface area (TPSA) is 44.1 Å². The van der Waals surface area contributed by atoms with E-state index >= 15 is 0 Å². The van der Waals surface area contributed by atoms with E-state index in [1.807, 2.05) is 0 Å². The fourth-order valence-electron chi connectivity index (χ4n) is 1.76. The third kappa shape index (κ3) is 2.78. The second kappa shape index (κ2) is 5.60. The van der Waals surface area contributed by atoms with Gasteiger partial charge in [-0.3, -0.25) is 4.68 Å². The molecule has 0 N–H and O–H groups in total. The van der Waals surface area contributed by atoms with E-state index in [0.717, 1.165) is 12.1 Å². The molecule has 4 nitrogen and oxygen atoms in total. The van der Waals surface area contributed by atoms with Gasteiger partial charge < -0.3 is 4.74 Å². The van der Waals surface area contributed by atoms with Gasteiger partial charge in [-0.15, -0.1) is 0 Å². The first-order chi connectivity index (χ1) is 9.13. The Balaban J connectivity index is 2.45. The zero-order valence-corrected chi connectivity index (χ0v) is 10.2. The maximum Gasteiger partial charge on any atom is 0.335 e. The maximum absolute atomic E-state index is 13.8. The van der Waals surface area contributed by atoms with Crippen LogP contribution in [0.2, 0.25) is 0 Å². The van der Waals surface area contributed by atoms with Gasteiger partial charge >= 0.3 is 5.97 Å². The van der Waals surface area contributed by atoms with Crippen molar-refractivity contribution in [1.82, 2.24) is 9.78 Å². The molecule has 1 unspecified atom stereocenters. The van der Waals surface area contributed by atoms with Crippen molar-refractivity contribution in [2.24, 2.45) is 0 Å². The Morgan fingerprint density at radius 1 is 1.47 bits per heavy atom. The van der Waals surface area contributed by atoms with E-state index in [2.05, 4.69) is 5.10 Å². The molecule has 0 spiro atoms. The Bertz CT molecular complexity index is 570. The normalized spacial score (nSPS) is 12.2. The molecular weight excluding hydrogens is 254 g/mol. The number of carbonyl (C=O) groups excluding carboxylic acids is 1. The molecule has 100 valence electrons. The van der Waals surface area contributed by atoms with Gasteiger partial charge in [0.15, 0.2) is 6.04 Å². The van der Waals surface area contributed by atoms with Crippen LogP contribution in [0, 0.1) is 11.6 Å².